The summed E-state index contributed by atoms with van der Waals surface area (Å²) in [6.07, 6.45) is 0.281. The van der Waals surface area contributed by atoms with Gasteiger partial charge in [0.2, 0.25) is 0 Å². The van der Waals surface area contributed by atoms with Gasteiger partial charge in [-0.3, -0.25) is 9.78 Å². The molecule has 17 heteroatoms. The number of ether oxygens (including phenoxy) is 1. The molecule has 10 nitrogen and oxygen atoms in total. The molecule has 216 valence electrons. The molecule has 0 saturated carbocycles. The van der Waals surface area contributed by atoms with Crippen molar-refractivity contribution in [1.82, 2.24) is 19.9 Å². The van der Waals surface area contributed by atoms with Crippen LogP contribution < -0.4 is 15.0 Å². The van der Waals surface area contributed by atoms with Crippen molar-refractivity contribution in [2.24, 2.45) is 0 Å². The lowest BCUT2D eigenvalue weighted by molar-refractivity contribution is -0.189. The number of carbonyl (C=O) groups excluding carboxylic acids is 3. The summed E-state index contributed by atoms with van der Waals surface area (Å²) in [6, 6.07) is 4.24. The van der Waals surface area contributed by atoms with Gasteiger partial charge in [-0.15, -0.1) is 0 Å². The number of benzene rings is 1. The van der Waals surface area contributed by atoms with Crippen molar-refractivity contribution in [3.05, 3.63) is 60.7 Å². The average Bonchev–Trinajstić information content (AvgIpc) is 3.03. The van der Waals surface area contributed by atoms with Gasteiger partial charge in [0.1, 0.15) is 17.2 Å². The van der Waals surface area contributed by atoms with E-state index in [1.807, 2.05) is 0 Å². The van der Waals surface area contributed by atoms with E-state index in [1.54, 1.807) is 12.1 Å². The van der Waals surface area contributed by atoms with E-state index in [4.69, 9.17) is 0 Å². The van der Waals surface area contributed by atoms with Gasteiger partial charge < -0.3 is 15.0 Å². The molecule has 0 unspecified atom stereocenters. The normalized spacial score (nSPS) is 15.3. The van der Waals surface area contributed by atoms with Crippen LogP contribution in [-0.4, -0.2) is 55.0 Å². The zero-order chi connectivity index (χ0) is 30.2. The van der Waals surface area contributed by atoms with E-state index in [0.717, 1.165) is 17.0 Å². The van der Waals surface area contributed by atoms with Gasteiger partial charge in [-0.2, -0.15) is 26.3 Å². The van der Waals surface area contributed by atoms with Crippen molar-refractivity contribution in [3.8, 4) is 5.75 Å². The monoisotopic (exact) mass is 600 g/mol. The van der Waals surface area contributed by atoms with Gasteiger partial charge in [0.05, 0.1) is 11.9 Å². The number of halogens is 6. The highest BCUT2D eigenvalue weighted by Gasteiger charge is 2.53. The van der Waals surface area contributed by atoms with Crippen molar-refractivity contribution in [1.29, 1.82) is 0 Å². The van der Waals surface area contributed by atoms with Crippen molar-refractivity contribution in [2.45, 2.75) is 42.5 Å². The number of hydrogen-bond donors (Lipinski definition) is 1. The number of alkyl halides is 6. The van der Waals surface area contributed by atoms with Crippen LogP contribution in [-0.2, 0) is 16.1 Å². The molecule has 0 radical (unpaired) electrons. The second kappa shape index (κ2) is 10.9. The number of thioether (sulfide) groups is 1. The fraction of sp³-hybridized carbons (Fsp3) is 0.250. The first-order valence-electron chi connectivity index (χ1n) is 11.4. The van der Waals surface area contributed by atoms with Crippen LogP contribution in [0, 0.1) is 0 Å². The second-order valence-electron chi connectivity index (χ2n) is 8.90. The maximum atomic E-state index is 13.5. The molecule has 0 aliphatic carbocycles. The Hall–Kier alpha value is -4.41. The predicted octanol–water partition coefficient (Wildman–Crippen LogP) is 5.44. The van der Waals surface area contributed by atoms with Crippen molar-refractivity contribution >= 4 is 47.0 Å². The van der Waals surface area contributed by atoms with E-state index in [0.29, 0.717) is 28.2 Å². The number of imide groups is 1. The molecule has 41 heavy (non-hydrogen) atoms. The summed E-state index contributed by atoms with van der Waals surface area (Å²) in [6.45, 7) is 2.58. The van der Waals surface area contributed by atoms with Gasteiger partial charge in [0.15, 0.2) is 5.75 Å². The fourth-order valence-electron chi connectivity index (χ4n) is 3.75. The van der Waals surface area contributed by atoms with Crippen LogP contribution in [0.15, 0.2) is 60.0 Å². The summed E-state index contributed by atoms with van der Waals surface area (Å²) in [7, 11) is 0. The fourth-order valence-corrected chi connectivity index (χ4v) is 4.32. The summed E-state index contributed by atoms with van der Waals surface area (Å²) in [5.41, 5.74) is -6.54. The Morgan fingerprint density at radius 2 is 1.71 bits per heavy atom. The molecule has 1 aliphatic rings. The van der Waals surface area contributed by atoms with E-state index < -0.39 is 63.2 Å². The maximum absolute atomic E-state index is 13.5. The van der Waals surface area contributed by atoms with E-state index in [2.05, 4.69) is 25.0 Å². The zero-order valence-corrected chi connectivity index (χ0v) is 21.8. The number of esters is 1. The summed E-state index contributed by atoms with van der Waals surface area (Å²) < 4.78 is 81.8. The van der Waals surface area contributed by atoms with Gasteiger partial charge in [-0.25, -0.2) is 24.5 Å². The summed E-state index contributed by atoms with van der Waals surface area (Å²) in [4.78, 5) is 51.5. The molecule has 3 aromatic rings. The molecule has 3 heterocycles. The highest BCUT2D eigenvalue weighted by molar-refractivity contribution is 8.00. The highest BCUT2D eigenvalue weighted by atomic mass is 32.2. The molecule has 1 fully saturated rings. The lowest BCUT2D eigenvalue weighted by Crippen LogP contribution is -2.43. The lowest BCUT2D eigenvalue weighted by atomic mass is 10.0. The van der Waals surface area contributed by atoms with Crippen LogP contribution in [0.3, 0.4) is 0 Å². The van der Waals surface area contributed by atoms with Crippen LogP contribution in [0.1, 0.15) is 19.4 Å². The number of carbonyl (C=O) groups is 3. The quantitative estimate of drug-likeness (QED) is 0.124. The molecular formula is C24H18F6N6O4S. The van der Waals surface area contributed by atoms with E-state index in [-0.39, 0.29) is 6.54 Å². The van der Waals surface area contributed by atoms with Crippen molar-refractivity contribution in [3.63, 3.8) is 0 Å². The van der Waals surface area contributed by atoms with Gasteiger partial charge in [-0.05, 0) is 61.5 Å². The minimum absolute atomic E-state index is 0.175. The number of rotatable bonds is 7. The number of nitrogens with zero attached hydrogens (tertiary/aromatic N) is 5. The van der Waals surface area contributed by atoms with Crippen LogP contribution >= 0.6 is 11.8 Å². The number of anilines is 3. The molecule has 3 amide bonds. The third-order valence-corrected chi connectivity index (χ3v) is 6.37. The maximum Gasteiger partial charge on any atom is 0.491 e. The smallest absolute Gasteiger partial charge is 0.418 e. The molecule has 1 aliphatic heterocycles. The Morgan fingerprint density at radius 3 is 2.34 bits per heavy atom. The molecule has 0 spiro atoms. The Bertz CT molecular complexity index is 1490. The second-order valence-corrected chi connectivity index (χ2v) is 10.0. The largest absolute Gasteiger partial charge is 0.491 e. The topological polar surface area (TPSA) is 118 Å². The molecule has 1 aromatic carbocycles. The average molecular weight is 601 g/mol. The minimum atomic E-state index is -5.51. The van der Waals surface area contributed by atoms with Crippen LogP contribution in [0.25, 0.3) is 0 Å². The minimum Gasteiger partial charge on any atom is -0.418 e. The van der Waals surface area contributed by atoms with E-state index >= 15 is 0 Å². The van der Waals surface area contributed by atoms with Gasteiger partial charge in [0.25, 0.3) is 5.91 Å². The number of amides is 3. The molecule has 0 atom stereocenters. The van der Waals surface area contributed by atoms with E-state index in [9.17, 15) is 40.7 Å². The first-order chi connectivity index (χ1) is 19.1. The summed E-state index contributed by atoms with van der Waals surface area (Å²) >= 11 is -0.685. The number of hydrogen-bond acceptors (Lipinski definition) is 9. The standard InChI is InChI=1S/C24H18F6N6O4S/c1-22(2)19(37)36(15-4-3-14(41-24(28,29)30)10-16(15)40-20(38)23(25,26)27)21(39)35(22)12-13-5-6-32-17(9-13)34-18-11-31-7-8-33-18/h3-11H,12H2,1-2H3,(H,32,33,34). The Morgan fingerprint density at radius 1 is 1.00 bits per heavy atom. The number of pyridine rings is 1. The number of nitrogens with one attached hydrogen (secondary N) is 1. The first-order valence-corrected chi connectivity index (χ1v) is 12.2. The van der Waals surface area contributed by atoms with Crippen LogP contribution in [0.2, 0.25) is 0 Å². The zero-order valence-electron chi connectivity index (χ0n) is 20.9. The highest BCUT2D eigenvalue weighted by Crippen LogP contribution is 2.43. The summed E-state index contributed by atoms with van der Waals surface area (Å²) in [5, 5.41) is 2.92. The SMILES string of the molecule is CC1(C)C(=O)N(c2ccc(SC(F)(F)F)cc2OC(=O)C(F)(F)F)C(=O)N1Cc1ccnc(Nc2cnccn2)c1. The third-order valence-electron chi connectivity index (χ3n) is 5.65. The Kier molecular flexibility index (Phi) is 7.84. The van der Waals surface area contributed by atoms with E-state index in [1.165, 1.54) is 38.6 Å². The number of urea groups is 1. The third kappa shape index (κ3) is 6.67. The molecule has 1 N–H and O–H groups in total. The molecule has 4 rings (SSSR count). The lowest BCUT2D eigenvalue weighted by Gasteiger charge is -2.27. The number of aromatic nitrogens is 3. The van der Waals surface area contributed by atoms with Crippen LogP contribution in [0.4, 0.5) is 48.5 Å². The van der Waals surface area contributed by atoms with Crippen molar-refractivity contribution in [2.75, 3.05) is 10.2 Å². The van der Waals surface area contributed by atoms with Gasteiger partial charge in [0, 0.05) is 30.0 Å². The van der Waals surface area contributed by atoms with Gasteiger partial charge in [-0.1, -0.05) is 0 Å². The first kappa shape index (κ1) is 29.6. The van der Waals surface area contributed by atoms with Crippen molar-refractivity contribution < 1.29 is 45.5 Å². The van der Waals surface area contributed by atoms with Gasteiger partial charge >= 0.3 is 23.7 Å². The molecule has 0 bridgehead atoms. The van der Waals surface area contributed by atoms with Crippen LogP contribution in [0.5, 0.6) is 5.75 Å². The summed E-state index contributed by atoms with van der Waals surface area (Å²) in [5.74, 6) is -4.02. The molecule has 2 aromatic heterocycles. The molecule has 1 saturated heterocycles. The Labute approximate surface area is 231 Å². The Balaban J connectivity index is 1.66. The predicted molar refractivity (Wildman–Crippen MR) is 132 cm³/mol. The molecular weight excluding hydrogens is 582 g/mol.